The molecule has 0 saturated heterocycles. The molecule has 0 aromatic heterocycles. The van der Waals surface area contributed by atoms with Crippen molar-refractivity contribution in [3.63, 3.8) is 0 Å². The van der Waals surface area contributed by atoms with E-state index < -0.39 is 0 Å². The molecule has 0 heteroatoms. The molecule has 0 N–H and O–H groups in total. The molecular weight excluding hydrogens is 240 g/mol. The van der Waals surface area contributed by atoms with Crippen LogP contribution in [0.1, 0.15) is 79.1 Å². The van der Waals surface area contributed by atoms with Gasteiger partial charge < -0.3 is 0 Å². The van der Waals surface area contributed by atoms with Crippen LogP contribution in [0, 0.1) is 22.2 Å². The van der Waals surface area contributed by atoms with Crippen molar-refractivity contribution in [1.82, 2.24) is 0 Å². The Morgan fingerprint density at radius 2 is 1.80 bits per heavy atom. The maximum atomic E-state index is 4.09. The van der Waals surface area contributed by atoms with E-state index in [0.29, 0.717) is 16.2 Å². The van der Waals surface area contributed by atoms with E-state index in [2.05, 4.69) is 40.3 Å². The minimum absolute atomic E-state index is 0.367. The van der Waals surface area contributed by atoms with Gasteiger partial charge >= 0.3 is 0 Å². The number of hydrogen-bond donors (Lipinski definition) is 0. The van der Waals surface area contributed by atoms with Gasteiger partial charge in [0.15, 0.2) is 0 Å². The largest absolute Gasteiger partial charge is 0.103 e. The van der Waals surface area contributed by atoms with Gasteiger partial charge in [0, 0.05) is 0 Å². The van der Waals surface area contributed by atoms with E-state index in [0.717, 1.165) is 5.92 Å². The van der Waals surface area contributed by atoms with Gasteiger partial charge in [0.2, 0.25) is 0 Å². The van der Waals surface area contributed by atoms with E-state index in [1.165, 1.54) is 51.4 Å². The zero-order chi connectivity index (χ0) is 14.6. The first-order valence-electron chi connectivity index (χ1n) is 8.66. The number of hydrogen-bond acceptors (Lipinski definition) is 0. The Bertz CT molecular complexity index is 453. The SMILES string of the molecule is C=CC1(C)CCC2=C(CCC3C(C)(C)CCC[C@@]23C)C1. The lowest BCUT2D eigenvalue weighted by atomic mass is 9.48. The van der Waals surface area contributed by atoms with Gasteiger partial charge in [-0.1, -0.05) is 51.3 Å². The van der Waals surface area contributed by atoms with E-state index in [9.17, 15) is 0 Å². The molecule has 3 aliphatic rings. The number of rotatable bonds is 1. The Kier molecular flexibility index (Phi) is 3.23. The molecule has 0 aliphatic heterocycles. The smallest absolute Gasteiger partial charge is 0.00803 e. The molecule has 1 fully saturated rings. The van der Waals surface area contributed by atoms with Crippen LogP contribution in [-0.4, -0.2) is 0 Å². The molecule has 0 aromatic rings. The van der Waals surface area contributed by atoms with Gasteiger partial charge in [0.25, 0.3) is 0 Å². The van der Waals surface area contributed by atoms with Crippen LogP contribution in [0.25, 0.3) is 0 Å². The standard InChI is InChI=1S/C20H32/c1-6-19(4)13-10-16-15(14-19)8-9-17-18(2,3)11-7-12-20(16,17)5/h6,17H,1,7-14H2,2-5H3/t17?,19?,20-/m0/s1. The van der Waals surface area contributed by atoms with E-state index >= 15 is 0 Å². The fourth-order valence-corrected chi connectivity index (χ4v) is 5.88. The highest BCUT2D eigenvalue weighted by Crippen LogP contribution is 2.62. The maximum absolute atomic E-state index is 4.09. The highest BCUT2D eigenvalue weighted by Gasteiger charge is 2.51. The van der Waals surface area contributed by atoms with Crippen molar-refractivity contribution in [3.05, 3.63) is 23.8 Å². The van der Waals surface area contributed by atoms with Crippen molar-refractivity contribution >= 4 is 0 Å². The van der Waals surface area contributed by atoms with Crippen molar-refractivity contribution in [3.8, 4) is 0 Å². The molecular formula is C20H32. The average molecular weight is 272 g/mol. The van der Waals surface area contributed by atoms with Gasteiger partial charge in [0.1, 0.15) is 0 Å². The van der Waals surface area contributed by atoms with Crippen molar-refractivity contribution in [2.75, 3.05) is 0 Å². The summed E-state index contributed by atoms with van der Waals surface area (Å²) < 4.78 is 0. The second-order valence-corrected chi connectivity index (χ2v) is 8.97. The third-order valence-corrected chi connectivity index (χ3v) is 7.14. The highest BCUT2D eigenvalue weighted by atomic mass is 14.6. The normalized spacial score (nSPS) is 43.7. The van der Waals surface area contributed by atoms with E-state index in [1.807, 2.05) is 11.1 Å². The molecule has 3 rings (SSSR count). The lowest BCUT2D eigenvalue weighted by molar-refractivity contribution is 0.00583. The fraction of sp³-hybridized carbons (Fsp3) is 0.800. The minimum atomic E-state index is 0.367. The van der Waals surface area contributed by atoms with Crippen molar-refractivity contribution in [2.45, 2.75) is 79.1 Å². The number of fused-ring (bicyclic) bond motifs is 2. The van der Waals surface area contributed by atoms with Crippen molar-refractivity contribution in [1.29, 1.82) is 0 Å². The summed E-state index contributed by atoms with van der Waals surface area (Å²) in [5.41, 5.74) is 5.12. The Hall–Kier alpha value is -0.520. The maximum Gasteiger partial charge on any atom is -0.00803 e. The van der Waals surface area contributed by atoms with Gasteiger partial charge in [-0.25, -0.2) is 0 Å². The molecule has 1 saturated carbocycles. The average Bonchev–Trinajstić information content (AvgIpc) is 2.37. The van der Waals surface area contributed by atoms with Gasteiger partial charge in [-0.2, -0.15) is 0 Å². The summed E-state index contributed by atoms with van der Waals surface area (Å²) in [6.45, 7) is 14.1. The summed E-state index contributed by atoms with van der Waals surface area (Å²) in [5.74, 6) is 0.913. The fourth-order valence-electron chi connectivity index (χ4n) is 5.88. The predicted molar refractivity (Wildman–Crippen MR) is 87.6 cm³/mol. The molecule has 0 nitrogen and oxygen atoms in total. The zero-order valence-electron chi connectivity index (χ0n) is 14.0. The van der Waals surface area contributed by atoms with Crippen LogP contribution in [0.5, 0.6) is 0 Å². The zero-order valence-corrected chi connectivity index (χ0v) is 14.0. The molecule has 0 heterocycles. The lowest BCUT2D eigenvalue weighted by Gasteiger charge is -2.57. The molecule has 112 valence electrons. The Labute approximate surface area is 125 Å². The monoisotopic (exact) mass is 272 g/mol. The van der Waals surface area contributed by atoms with Crippen LogP contribution in [0.15, 0.2) is 23.8 Å². The molecule has 20 heavy (non-hydrogen) atoms. The summed E-state index contributed by atoms with van der Waals surface area (Å²) in [4.78, 5) is 0. The van der Waals surface area contributed by atoms with E-state index in [1.54, 1.807) is 0 Å². The van der Waals surface area contributed by atoms with Crippen LogP contribution in [0.2, 0.25) is 0 Å². The molecule has 3 atom stereocenters. The Morgan fingerprint density at radius 3 is 2.50 bits per heavy atom. The van der Waals surface area contributed by atoms with Crippen LogP contribution >= 0.6 is 0 Å². The van der Waals surface area contributed by atoms with Gasteiger partial charge in [-0.15, -0.1) is 6.58 Å². The van der Waals surface area contributed by atoms with Gasteiger partial charge in [0.05, 0.1) is 0 Å². The Balaban J connectivity index is 1.98. The minimum Gasteiger partial charge on any atom is -0.103 e. The molecule has 3 aliphatic carbocycles. The first-order chi connectivity index (χ1) is 9.31. The van der Waals surface area contributed by atoms with E-state index in [-0.39, 0.29) is 0 Å². The summed E-state index contributed by atoms with van der Waals surface area (Å²) in [7, 11) is 0. The van der Waals surface area contributed by atoms with Gasteiger partial charge in [-0.3, -0.25) is 0 Å². The topological polar surface area (TPSA) is 0 Å². The summed E-state index contributed by atoms with van der Waals surface area (Å²) in [6, 6.07) is 0. The van der Waals surface area contributed by atoms with Gasteiger partial charge in [-0.05, 0) is 67.1 Å². The third-order valence-electron chi connectivity index (χ3n) is 7.14. The van der Waals surface area contributed by atoms with E-state index in [4.69, 9.17) is 0 Å². The van der Waals surface area contributed by atoms with Crippen LogP contribution in [0.4, 0.5) is 0 Å². The molecule has 0 aromatic carbocycles. The second kappa shape index (κ2) is 4.49. The van der Waals surface area contributed by atoms with Crippen molar-refractivity contribution < 1.29 is 0 Å². The first kappa shape index (κ1) is 14.4. The highest BCUT2D eigenvalue weighted by molar-refractivity contribution is 5.32. The summed E-state index contributed by atoms with van der Waals surface area (Å²) in [6.07, 6.45) is 13.2. The first-order valence-corrected chi connectivity index (χ1v) is 8.66. The molecule has 0 spiro atoms. The number of allylic oxidation sites excluding steroid dienone is 3. The second-order valence-electron chi connectivity index (χ2n) is 8.97. The third kappa shape index (κ3) is 2.02. The molecule has 0 radical (unpaired) electrons. The lowest BCUT2D eigenvalue weighted by Crippen LogP contribution is -2.46. The van der Waals surface area contributed by atoms with Crippen LogP contribution < -0.4 is 0 Å². The van der Waals surface area contributed by atoms with Crippen molar-refractivity contribution in [2.24, 2.45) is 22.2 Å². The van der Waals surface area contributed by atoms with Crippen LogP contribution in [0.3, 0.4) is 0 Å². The van der Waals surface area contributed by atoms with Crippen LogP contribution in [-0.2, 0) is 0 Å². The summed E-state index contributed by atoms with van der Waals surface area (Å²) in [5, 5.41) is 0. The predicted octanol–water partition coefficient (Wildman–Crippen LogP) is 6.29. The molecule has 2 unspecified atom stereocenters. The summed E-state index contributed by atoms with van der Waals surface area (Å²) >= 11 is 0. The Morgan fingerprint density at radius 1 is 1.05 bits per heavy atom. The quantitative estimate of drug-likeness (QED) is 0.492. The molecule has 0 amide bonds. The molecule has 0 bridgehead atoms.